The summed E-state index contributed by atoms with van der Waals surface area (Å²) in [5, 5.41) is 11.8. The van der Waals surface area contributed by atoms with Crippen LogP contribution >= 0.6 is 24.8 Å². The maximum absolute atomic E-state index is 12.0. The standard InChI is InChI=1S/C17H22N4O4.2ClH/c1-17(2,3)14(19)15(22)21-6-9-4-5-12(25-9)10-7-20-8-11(13(10)18)16(23)24;;/h4-5,7-8,14H,6,19H2,1-3H3,(H2,18,20)(H,21,22)(H,23,24);2*1H/t14-;;/m1../s1. The lowest BCUT2D eigenvalue weighted by molar-refractivity contribution is -0.124. The summed E-state index contributed by atoms with van der Waals surface area (Å²) in [7, 11) is 0. The van der Waals surface area contributed by atoms with Crippen molar-refractivity contribution in [3.63, 3.8) is 0 Å². The number of rotatable bonds is 5. The molecule has 27 heavy (non-hydrogen) atoms. The van der Waals surface area contributed by atoms with Crippen LogP contribution in [0, 0.1) is 5.41 Å². The molecule has 10 heteroatoms. The van der Waals surface area contributed by atoms with Crippen LogP contribution in [0.5, 0.6) is 0 Å². The molecule has 1 atom stereocenters. The van der Waals surface area contributed by atoms with Gasteiger partial charge in [-0.25, -0.2) is 4.79 Å². The fourth-order valence-electron chi connectivity index (χ4n) is 2.13. The second-order valence-electron chi connectivity index (χ2n) is 6.78. The number of halogens is 2. The van der Waals surface area contributed by atoms with Gasteiger partial charge in [-0.15, -0.1) is 24.8 Å². The van der Waals surface area contributed by atoms with Gasteiger partial charge in [0.05, 0.1) is 23.8 Å². The molecule has 2 heterocycles. The number of hydrogen-bond acceptors (Lipinski definition) is 6. The van der Waals surface area contributed by atoms with Crippen LogP contribution in [-0.4, -0.2) is 28.0 Å². The number of aromatic nitrogens is 1. The Balaban J connectivity index is 0.00000338. The molecule has 0 radical (unpaired) electrons. The Labute approximate surface area is 169 Å². The number of carbonyl (C=O) groups is 2. The largest absolute Gasteiger partial charge is 0.478 e. The van der Waals surface area contributed by atoms with Crippen molar-refractivity contribution in [2.75, 3.05) is 5.73 Å². The molecule has 0 unspecified atom stereocenters. The Kier molecular flexibility index (Phi) is 8.78. The molecular formula is C17H24Cl2N4O4. The predicted molar refractivity (Wildman–Crippen MR) is 107 cm³/mol. The van der Waals surface area contributed by atoms with Crippen molar-refractivity contribution in [1.82, 2.24) is 10.3 Å². The summed E-state index contributed by atoms with van der Waals surface area (Å²) in [6.45, 7) is 5.81. The van der Waals surface area contributed by atoms with Gasteiger partial charge in [0.1, 0.15) is 17.1 Å². The normalized spacial score (nSPS) is 11.7. The lowest BCUT2D eigenvalue weighted by Gasteiger charge is -2.25. The molecule has 0 aliphatic carbocycles. The van der Waals surface area contributed by atoms with E-state index in [-0.39, 0.29) is 53.9 Å². The van der Waals surface area contributed by atoms with Gasteiger partial charge in [-0.1, -0.05) is 20.8 Å². The van der Waals surface area contributed by atoms with Gasteiger partial charge in [0.15, 0.2) is 0 Å². The highest BCUT2D eigenvalue weighted by Gasteiger charge is 2.27. The topological polar surface area (TPSA) is 144 Å². The van der Waals surface area contributed by atoms with Gasteiger partial charge < -0.3 is 26.3 Å². The lowest BCUT2D eigenvalue weighted by atomic mass is 9.87. The number of amides is 1. The average Bonchev–Trinajstić information content (AvgIpc) is 2.99. The summed E-state index contributed by atoms with van der Waals surface area (Å²) in [6, 6.07) is 2.67. The first-order valence-corrected chi connectivity index (χ1v) is 7.70. The van der Waals surface area contributed by atoms with Crippen LogP contribution in [0.25, 0.3) is 11.3 Å². The van der Waals surface area contributed by atoms with E-state index in [1.54, 1.807) is 12.1 Å². The molecule has 2 rings (SSSR count). The van der Waals surface area contributed by atoms with Crippen LogP contribution in [0.1, 0.15) is 36.9 Å². The molecule has 2 aromatic heterocycles. The summed E-state index contributed by atoms with van der Waals surface area (Å²) >= 11 is 0. The smallest absolute Gasteiger partial charge is 0.339 e. The third-order valence-electron chi connectivity index (χ3n) is 3.80. The number of nitrogens with two attached hydrogens (primary N) is 2. The fourth-order valence-corrected chi connectivity index (χ4v) is 2.13. The number of hydrogen-bond donors (Lipinski definition) is 4. The highest BCUT2D eigenvalue weighted by atomic mass is 35.5. The van der Waals surface area contributed by atoms with Crippen molar-refractivity contribution in [2.45, 2.75) is 33.4 Å². The molecule has 0 saturated heterocycles. The Hall–Kier alpha value is -2.29. The van der Waals surface area contributed by atoms with Gasteiger partial charge in [-0.2, -0.15) is 0 Å². The number of furan rings is 1. The number of carbonyl (C=O) groups excluding carboxylic acids is 1. The second kappa shape index (κ2) is 9.59. The van der Waals surface area contributed by atoms with Crippen molar-refractivity contribution in [3.05, 3.63) is 35.9 Å². The Bertz CT molecular complexity index is 802. The zero-order valence-electron chi connectivity index (χ0n) is 15.2. The number of aromatic carboxylic acids is 1. The summed E-state index contributed by atoms with van der Waals surface area (Å²) < 4.78 is 5.63. The third-order valence-corrected chi connectivity index (χ3v) is 3.80. The molecule has 0 aromatic carbocycles. The molecule has 2 aromatic rings. The molecule has 6 N–H and O–H groups in total. The van der Waals surface area contributed by atoms with E-state index >= 15 is 0 Å². The van der Waals surface area contributed by atoms with Gasteiger partial charge in [0.25, 0.3) is 0 Å². The molecule has 0 aliphatic heterocycles. The van der Waals surface area contributed by atoms with E-state index in [0.717, 1.165) is 0 Å². The van der Waals surface area contributed by atoms with E-state index in [1.807, 2.05) is 20.8 Å². The van der Waals surface area contributed by atoms with Gasteiger partial charge in [-0.05, 0) is 17.5 Å². The van der Waals surface area contributed by atoms with Crippen LogP contribution in [0.2, 0.25) is 0 Å². The fraction of sp³-hybridized carbons (Fsp3) is 0.353. The van der Waals surface area contributed by atoms with Crippen molar-refractivity contribution < 1.29 is 19.1 Å². The summed E-state index contributed by atoms with van der Waals surface area (Å²) in [6.07, 6.45) is 2.61. The minimum atomic E-state index is -1.16. The first-order valence-electron chi connectivity index (χ1n) is 7.70. The summed E-state index contributed by atoms with van der Waals surface area (Å²) in [4.78, 5) is 27.0. The zero-order valence-corrected chi connectivity index (χ0v) is 16.8. The first kappa shape index (κ1) is 24.7. The molecule has 8 nitrogen and oxygen atoms in total. The maximum atomic E-state index is 12.0. The van der Waals surface area contributed by atoms with Crippen LogP contribution < -0.4 is 16.8 Å². The van der Waals surface area contributed by atoms with Crippen LogP contribution in [0.3, 0.4) is 0 Å². The Morgan fingerprint density at radius 2 is 1.89 bits per heavy atom. The van der Waals surface area contributed by atoms with Crippen molar-refractivity contribution in [1.29, 1.82) is 0 Å². The predicted octanol–water partition coefficient (Wildman–Crippen LogP) is 2.46. The van der Waals surface area contributed by atoms with Crippen molar-refractivity contribution in [2.24, 2.45) is 11.1 Å². The van der Waals surface area contributed by atoms with E-state index in [9.17, 15) is 9.59 Å². The minimum absolute atomic E-state index is 0. The van der Waals surface area contributed by atoms with Crippen LogP contribution in [0.15, 0.2) is 28.9 Å². The number of carboxylic acid groups (broad SMARTS) is 1. The number of carboxylic acids is 1. The second-order valence-corrected chi connectivity index (χ2v) is 6.78. The quantitative estimate of drug-likeness (QED) is 0.583. The van der Waals surface area contributed by atoms with Gasteiger partial charge in [-0.3, -0.25) is 9.78 Å². The molecule has 0 saturated carbocycles. The zero-order chi connectivity index (χ0) is 18.8. The van der Waals surface area contributed by atoms with E-state index in [2.05, 4.69) is 10.3 Å². The van der Waals surface area contributed by atoms with E-state index in [1.165, 1.54) is 12.4 Å². The molecule has 0 spiro atoms. The number of nitrogens with zero attached hydrogens (tertiary/aromatic N) is 1. The number of nitrogen functional groups attached to an aromatic ring is 1. The third kappa shape index (κ3) is 5.85. The highest BCUT2D eigenvalue weighted by Crippen LogP contribution is 2.29. The lowest BCUT2D eigenvalue weighted by Crippen LogP contribution is -2.48. The van der Waals surface area contributed by atoms with Gasteiger partial charge in [0, 0.05) is 12.4 Å². The summed E-state index contributed by atoms with van der Waals surface area (Å²) in [5.41, 5.74) is 11.8. The molecule has 0 aliphatic rings. The Morgan fingerprint density at radius 1 is 1.26 bits per heavy atom. The van der Waals surface area contributed by atoms with Crippen molar-refractivity contribution in [3.8, 4) is 11.3 Å². The molecule has 0 fully saturated rings. The first-order chi connectivity index (χ1) is 11.6. The average molecular weight is 419 g/mol. The molecular weight excluding hydrogens is 395 g/mol. The molecule has 0 bridgehead atoms. The Morgan fingerprint density at radius 3 is 2.44 bits per heavy atom. The molecule has 150 valence electrons. The van der Waals surface area contributed by atoms with Crippen molar-refractivity contribution >= 4 is 42.4 Å². The minimum Gasteiger partial charge on any atom is -0.478 e. The van der Waals surface area contributed by atoms with E-state index < -0.39 is 12.0 Å². The monoisotopic (exact) mass is 418 g/mol. The number of pyridine rings is 1. The van der Waals surface area contributed by atoms with Gasteiger partial charge >= 0.3 is 5.97 Å². The van der Waals surface area contributed by atoms with E-state index in [4.69, 9.17) is 21.0 Å². The van der Waals surface area contributed by atoms with E-state index in [0.29, 0.717) is 17.1 Å². The number of nitrogens with one attached hydrogen (secondary N) is 1. The highest BCUT2D eigenvalue weighted by molar-refractivity contribution is 5.97. The summed E-state index contributed by atoms with van der Waals surface area (Å²) in [5.74, 6) is -0.580. The number of anilines is 1. The molecule has 1 amide bonds. The van der Waals surface area contributed by atoms with Crippen LogP contribution in [0.4, 0.5) is 5.69 Å². The van der Waals surface area contributed by atoms with Gasteiger partial charge in [0.2, 0.25) is 5.91 Å². The van der Waals surface area contributed by atoms with Crippen LogP contribution in [-0.2, 0) is 11.3 Å². The maximum Gasteiger partial charge on any atom is 0.339 e. The SMILES string of the molecule is CC(C)(C)[C@H](N)C(=O)NCc1ccc(-c2cncc(C(=O)O)c2N)o1.Cl.Cl.